The Balaban J connectivity index is 1.89. The zero-order valence-corrected chi connectivity index (χ0v) is 14.1. The Bertz CT molecular complexity index is 626. The van der Waals surface area contributed by atoms with Gasteiger partial charge in [0.05, 0.1) is 6.61 Å². The van der Waals surface area contributed by atoms with Gasteiger partial charge in [0, 0.05) is 17.6 Å². The van der Waals surface area contributed by atoms with Gasteiger partial charge < -0.3 is 19.2 Å². The van der Waals surface area contributed by atoms with Crippen molar-refractivity contribution in [1.29, 1.82) is 0 Å². The van der Waals surface area contributed by atoms with Gasteiger partial charge in [0.15, 0.2) is 5.76 Å². The maximum Gasteiger partial charge on any atom is 0.287 e. The van der Waals surface area contributed by atoms with Crippen LogP contribution in [0.25, 0.3) is 0 Å². The topological polar surface area (TPSA) is 60.7 Å². The number of hydrogen-bond donors (Lipinski definition) is 1. The van der Waals surface area contributed by atoms with E-state index in [0.29, 0.717) is 12.4 Å². The van der Waals surface area contributed by atoms with Crippen LogP contribution in [0.15, 0.2) is 45.3 Å². The summed E-state index contributed by atoms with van der Waals surface area (Å²) in [5, 5.41) is 2.79. The molecule has 2 aromatic rings. The van der Waals surface area contributed by atoms with Crippen LogP contribution in [0.2, 0.25) is 0 Å². The van der Waals surface area contributed by atoms with Gasteiger partial charge in [-0.05, 0) is 37.3 Å². The first-order chi connectivity index (χ1) is 10.6. The molecule has 6 heteroatoms. The Morgan fingerprint density at radius 3 is 2.91 bits per heavy atom. The van der Waals surface area contributed by atoms with Crippen molar-refractivity contribution >= 4 is 21.8 Å². The lowest BCUT2D eigenvalue weighted by Gasteiger charge is -2.11. The molecule has 5 nitrogen and oxygen atoms in total. The first-order valence-electron chi connectivity index (χ1n) is 6.85. The summed E-state index contributed by atoms with van der Waals surface area (Å²) in [6.07, 6.45) is 0. The van der Waals surface area contributed by atoms with E-state index in [4.69, 9.17) is 13.9 Å². The number of hydrogen-bond acceptors (Lipinski definition) is 4. The van der Waals surface area contributed by atoms with Crippen LogP contribution >= 0.6 is 15.9 Å². The van der Waals surface area contributed by atoms with Crippen molar-refractivity contribution in [2.24, 2.45) is 0 Å². The van der Waals surface area contributed by atoms with Crippen LogP contribution in [0, 0.1) is 0 Å². The molecule has 0 fully saturated rings. The largest absolute Gasteiger partial charge is 0.486 e. The van der Waals surface area contributed by atoms with E-state index in [2.05, 4.69) is 21.2 Å². The summed E-state index contributed by atoms with van der Waals surface area (Å²) in [6.45, 7) is 2.57. The minimum Gasteiger partial charge on any atom is -0.486 e. The van der Waals surface area contributed by atoms with E-state index in [1.807, 2.05) is 31.2 Å². The molecule has 0 aliphatic carbocycles. The van der Waals surface area contributed by atoms with Crippen LogP contribution in [0.1, 0.15) is 23.2 Å². The number of halogens is 1. The molecule has 1 atom stereocenters. The van der Waals surface area contributed by atoms with Crippen LogP contribution in [0.4, 0.5) is 0 Å². The van der Waals surface area contributed by atoms with E-state index in [-0.39, 0.29) is 24.3 Å². The number of amides is 1. The number of benzene rings is 1. The van der Waals surface area contributed by atoms with E-state index in [1.165, 1.54) is 0 Å². The average molecular weight is 368 g/mol. The van der Waals surface area contributed by atoms with Crippen molar-refractivity contribution in [3.05, 3.63) is 52.4 Å². The predicted octanol–water partition coefficient (Wildman–Crippen LogP) is 3.39. The van der Waals surface area contributed by atoms with E-state index in [0.717, 1.165) is 10.2 Å². The first-order valence-corrected chi connectivity index (χ1v) is 7.64. The summed E-state index contributed by atoms with van der Waals surface area (Å²) in [7, 11) is 1.59. The second-order valence-electron chi connectivity index (χ2n) is 4.84. The normalized spacial score (nSPS) is 12.0. The molecule has 118 valence electrons. The highest BCUT2D eigenvalue weighted by Gasteiger charge is 2.14. The molecular formula is C16H18BrNO4. The number of carbonyl (C=O) groups is 1. The Labute approximate surface area is 137 Å². The summed E-state index contributed by atoms with van der Waals surface area (Å²) in [5.74, 6) is 1.31. The lowest BCUT2D eigenvalue weighted by molar-refractivity contribution is 0.0874. The molecule has 22 heavy (non-hydrogen) atoms. The van der Waals surface area contributed by atoms with E-state index in [9.17, 15) is 4.79 Å². The number of rotatable bonds is 7. The monoisotopic (exact) mass is 367 g/mol. The second-order valence-corrected chi connectivity index (χ2v) is 5.76. The average Bonchev–Trinajstić information content (AvgIpc) is 2.94. The third-order valence-electron chi connectivity index (χ3n) is 2.86. The van der Waals surface area contributed by atoms with Crippen LogP contribution in [-0.4, -0.2) is 25.7 Å². The summed E-state index contributed by atoms with van der Waals surface area (Å²) in [4.78, 5) is 12.0. The lowest BCUT2D eigenvalue weighted by atomic mass is 10.3. The highest BCUT2D eigenvalue weighted by molar-refractivity contribution is 9.10. The summed E-state index contributed by atoms with van der Waals surface area (Å²) < 4.78 is 17.0. The number of furan rings is 1. The second kappa shape index (κ2) is 8.00. The van der Waals surface area contributed by atoms with Crippen molar-refractivity contribution in [2.45, 2.75) is 19.6 Å². The molecule has 1 aromatic heterocycles. The summed E-state index contributed by atoms with van der Waals surface area (Å²) >= 11 is 3.38. The summed E-state index contributed by atoms with van der Waals surface area (Å²) in [5.41, 5.74) is 0. The molecule has 1 N–H and O–H groups in total. The predicted molar refractivity (Wildman–Crippen MR) is 86.0 cm³/mol. The quantitative estimate of drug-likeness (QED) is 0.814. The van der Waals surface area contributed by atoms with Gasteiger partial charge in [0.1, 0.15) is 18.1 Å². The van der Waals surface area contributed by atoms with Gasteiger partial charge in [0.2, 0.25) is 0 Å². The fourth-order valence-corrected chi connectivity index (χ4v) is 2.25. The van der Waals surface area contributed by atoms with Crippen LogP contribution in [0.3, 0.4) is 0 Å². The van der Waals surface area contributed by atoms with Crippen LogP contribution in [-0.2, 0) is 11.3 Å². The van der Waals surface area contributed by atoms with Crippen molar-refractivity contribution < 1.29 is 18.7 Å². The zero-order chi connectivity index (χ0) is 15.9. The smallest absolute Gasteiger partial charge is 0.287 e. The Kier molecular flexibility index (Phi) is 6.03. The van der Waals surface area contributed by atoms with Crippen molar-refractivity contribution in [3.63, 3.8) is 0 Å². The molecule has 1 aromatic carbocycles. The number of nitrogens with one attached hydrogen (secondary N) is 1. The van der Waals surface area contributed by atoms with Crippen LogP contribution in [0.5, 0.6) is 5.75 Å². The molecule has 1 unspecified atom stereocenters. The number of methoxy groups -OCH3 is 1. The van der Waals surface area contributed by atoms with Crippen molar-refractivity contribution in [2.75, 3.05) is 13.7 Å². The maximum atomic E-state index is 12.0. The van der Waals surface area contributed by atoms with Crippen LogP contribution < -0.4 is 10.1 Å². The zero-order valence-electron chi connectivity index (χ0n) is 12.5. The van der Waals surface area contributed by atoms with Gasteiger partial charge in [-0.15, -0.1) is 0 Å². The molecule has 0 aliphatic heterocycles. The van der Waals surface area contributed by atoms with Crippen molar-refractivity contribution in [1.82, 2.24) is 5.32 Å². The summed E-state index contributed by atoms with van der Waals surface area (Å²) in [6, 6.07) is 10.8. The molecule has 1 heterocycles. The molecule has 0 aliphatic rings. The number of ether oxygens (including phenoxy) is 2. The van der Waals surface area contributed by atoms with Gasteiger partial charge >= 0.3 is 0 Å². The minimum atomic E-state index is -0.266. The third-order valence-corrected chi connectivity index (χ3v) is 3.35. The molecule has 0 radical (unpaired) electrons. The SMILES string of the molecule is COCC(C)NC(=O)c1ccc(COc2cccc(Br)c2)o1. The highest BCUT2D eigenvalue weighted by atomic mass is 79.9. The highest BCUT2D eigenvalue weighted by Crippen LogP contribution is 2.19. The van der Waals surface area contributed by atoms with Gasteiger partial charge in [-0.3, -0.25) is 4.79 Å². The molecule has 2 rings (SSSR count). The molecule has 1 amide bonds. The van der Waals surface area contributed by atoms with E-state index < -0.39 is 0 Å². The van der Waals surface area contributed by atoms with E-state index >= 15 is 0 Å². The minimum absolute atomic E-state index is 0.0797. The standard InChI is InChI=1S/C16H18BrNO4/c1-11(9-20-2)18-16(19)15-7-6-14(22-15)10-21-13-5-3-4-12(17)8-13/h3-8,11H,9-10H2,1-2H3,(H,18,19). The fourth-order valence-electron chi connectivity index (χ4n) is 1.88. The Hall–Kier alpha value is -1.79. The van der Waals surface area contributed by atoms with Gasteiger partial charge in [-0.2, -0.15) is 0 Å². The maximum absolute atomic E-state index is 12.0. The van der Waals surface area contributed by atoms with Gasteiger partial charge in [-0.25, -0.2) is 0 Å². The van der Waals surface area contributed by atoms with Gasteiger partial charge in [0.25, 0.3) is 5.91 Å². The number of carbonyl (C=O) groups excluding carboxylic acids is 1. The van der Waals surface area contributed by atoms with Crippen molar-refractivity contribution in [3.8, 4) is 5.75 Å². The fraction of sp³-hybridized carbons (Fsp3) is 0.312. The molecule has 0 saturated heterocycles. The molecular weight excluding hydrogens is 350 g/mol. The molecule has 0 bridgehead atoms. The first kappa shape index (κ1) is 16.6. The Morgan fingerprint density at radius 2 is 2.18 bits per heavy atom. The molecule has 0 spiro atoms. The van der Waals surface area contributed by atoms with E-state index in [1.54, 1.807) is 19.2 Å². The van der Waals surface area contributed by atoms with Gasteiger partial charge in [-0.1, -0.05) is 22.0 Å². The Morgan fingerprint density at radius 1 is 1.36 bits per heavy atom. The lowest BCUT2D eigenvalue weighted by Crippen LogP contribution is -2.35. The third kappa shape index (κ3) is 4.89. The molecule has 0 saturated carbocycles.